The molecule has 3 rings (SSSR count). The average molecular weight is 273 g/mol. The first kappa shape index (κ1) is 11.8. The van der Waals surface area contributed by atoms with Crippen molar-refractivity contribution in [2.45, 2.75) is 16.8 Å². The number of hydrogen-bond acceptors (Lipinski definition) is 6. The van der Waals surface area contributed by atoms with Gasteiger partial charge in [0.15, 0.2) is 10.2 Å². The Morgan fingerprint density at radius 3 is 3.11 bits per heavy atom. The van der Waals surface area contributed by atoms with Crippen LogP contribution in [-0.2, 0) is 6.54 Å². The van der Waals surface area contributed by atoms with Crippen molar-refractivity contribution in [2.24, 2.45) is 0 Å². The second-order valence-electron chi connectivity index (χ2n) is 3.71. The van der Waals surface area contributed by atoms with E-state index in [0.29, 0.717) is 11.7 Å². The van der Waals surface area contributed by atoms with E-state index in [1.165, 1.54) is 18.1 Å². The number of aromatic amines is 1. The molecule has 2 N–H and O–H groups in total. The summed E-state index contributed by atoms with van der Waals surface area (Å²) < 4.78 is 5.67. The maximum absolute atomic E-state index is 5.67. The molecule has 96 valence electrons. The lowest BCUT2D eigenvalue weighted by Crippen LogP contribution is -1.97. The first-order chi connectivity index (χ1) is 9.40. The molecule has 0 aliphatic heterocycles. The van der Waals surface area contributed by atoms with Gasteiger partial charge in [0, 0.05) is 12.4 Å². The van der Waals surface area contributed by atoms with Gasteiger partial charge < -0.3 is 9.73 Å². The molecule has 3 aromatic heterocycles. The second-order valence-corrected chi connectivity index (χ2v) is 4.70. The number of furan rings is 1. The second kappa shape index (κ2) is 5.57. The van der Waals surface area contributed by atoms with Crippen LogP contribution in [0.1, 0.15) is 5.76 Å². The molecule has 19 heavy (non-hydrogen) atoms. The molecule has 0 aliphatic carbocycles. The molecule has 0 fully saturated rings. The van der Waals surface area contributed by atoms with Gasteiger partial charge in [-0.2, -0.15) is 5.10 Å². The first-order valence-corrected chi connectivity index (χ1v) is 6.47. The Balaban J connectivity index is 1.59. The van der Waals surface area contributed by atoms with Gasteiger partial charge in [-0.3, -0.25) is 10.1 Å². The summed E-state index contributed by atoms with van der Waals surface area (Å²) in [7, 11) is 0. The molecule has 0 amide bonds. The molecule has 0 radical (unpaired) electrons. The lowest BCUT2D eigenvalue weighted by Gasteiger charge is -2.02. The lowest BCUT2D eigenvalue weighted by atomic mass is 10.4. The zero-order valence-electron chi connectivity index (χ0n) is 9.91. The van der Waals surface area contributed by atoms with Crippen molar-refractivity contribution < 1.29 is 4.42 Å². The average Bonchev–Trinajstić information content (AvgIpc) is 3.10. The van der Waals surface area contributed by atoms with Crippen LogP contribution in [-0.4, -0.2) is 20.2 Å². The quantitative estimate of drug-likeness (QED) is 0.743. The van der Waals surface area contributed by atoms with Gasteiger partial charge >= 0.3 is 0 Å². The molecule has 0 atom stereocenters. The largest absolute Gasteiger partial charge is 0.453 e. The Morgan fingerprint density at radius 1 is 1.32 bits per heavy atom. The Labute approximate surface area is 113 Å². The van der Waals surface area contributed by atoms with Gasteiger partial charge in [0.25, 0.3) is 0 Å². The number of nitrogens with one attached hydrogen (secondary N) is 2. The van der Waals surface area contributed by atoms with Crippen LogP contribution in [0.15, 0.2) is 57.7 Å². The molecular weight excluding hydrogens is 262 g/mol. The van der Waals surface area contributed by atoms with E-state index in [1.54, 1.807) is 12.4 Å². The van der Waals surface area contributed by atoms with Crippen molar-refractivity contribution in [1.82, 2.24) is 20.2 Å². The summed E-state index contributed by atoms with van der Waals surface area (Å²) in [5.74, 6) is 0.853. The van der Waals surface area contributed by atoms with Crippen molar-refractivity contribution >= 4 is 17.4 Å². The van der Waals surface area contributed by atoms with Crippen LogP contribution >= 0.6 is 11.8 Å². The van der Waals surface area contributed by atoms with E-state index in [4.69, 9.17) is 4.42 Å². The van der Waals surface area contributed by atoms with E-state index >= 15 is 0 Å². The molecule has 0 saturated carbocycles. The summed E-state index contributed by atoms with van der Waals surface area (Å²) in [6.07, 6.45) is 4.98. The monoisotopic (exact) mass is 273 g/mol. The molecule has 0 bridgehead atoms. The Morgan fingerprint density at radius 2 is 2.32 bits per heavy atom. The van der Waals surface area contributed by atoms with E-state index in [2.05, 4.69) is 25.5 Å². The Hall–Kier alpha value is -2.28. The first-order valence-electron chi connectivity index (χ1n) is 5.66. The molecular formula is C12H11N5OS. The third-order valence-electron chi connectivity index (χ3n) is 2.36. The fourth-order valence-electron chi connectivity index (χ4n) is 1.50. The molecule has 7 heteroatoms. The molecule has 0 aliphatic rings. The standard InChI is InChI=1S/C12H11N5OS/c1-2-9(6-13-5-1)14-7-10-3-4-11(18-10)19-12-15-8-16-17-12/h1-6,8,14H,7H2,(H,15,16,17). The van der Waals surface area contributed by atoms with Gasteiger partial charge in [-0.15, -0.1) is 0 Å². The molecule has 0 saturated heterocycles. The van der Waals surface area contributed by atoms with Gasteiger partial charge in [-0.25, -0.2) is 4.98 Å². The van der Waals surface area contributed by atoms with Crippen molar-refractivity contribution in [1.29, 1.82) is 0 Å². The highest BCUT2D eigenvalue weighted by molar-refractivity contribution is 7.99. The minimum Gasteiger partial charge on any atom is -0.453 e. The minimum atomic E-state index is 0.614. The fourth-order valence-corrected chi connectivity index (χ4v) is 2.18. The van der Waals surface area contributed by atoms with Gasteiger partial charge in [0.2, 0.25) is 0 Å². The highest BCUT2D eigenvalue weighted by Gasteiger charge is 2.05. The third-order valence-corrected chi connectivity index (χ3v) is 3.17. The molecule has 0 spiro atoms. The molecule has 3 aromatic rings. The van der Waals surface area contributed by atoms with E-state index in [9.17, 15) is 0 Å². The predicted molar refractivity (Wildman–Crippen MR) is 70.8 cm³/mol. The summed E-state index contributed by atoms with van der Waals surface area (Å²) in [4.78, 5) is 8.06. The SMILES string of the molecule is c1cncc(NCc2ccc(Sc3ncn[nH]3)o2)c1. The Kier molecular flexibility index (Phi) is 3.46. The molecule has 0 unspecified atom stereocenters. The summed E-state index contributed by atoms with van der Waals surface area (Å²) in [6, 6.07) is 7.69. The lowest BCUT2D eigenvalue weighted by molar-refractivity contribution is 0.436. The Bertz CT molecular complexity index is 623. The van der Waals surface area contributed by atoms with Crippen molar-refractivity contribution in [3.8, 4) is 0 Å². The number of aromatic nitrogens is 4. The van der Waals surface area contributed by atoms with Crippen LogP contribution in [0.3, 0.4) is 0 Å². The van der Waals surface area contributed by atoms with Crippen LogP contribution in [0.5, 0.6) is 0 Å². The van der Waals surface area contributed by atoms with E-state index < -0.39 is 0 Å². The maximum atomic E-state index is 5.67. The molecule has 3 heterocycles. The summed E-state index contributed by atoms with van der Waals surface area (Å²) in [5, 5.41) is 11.3. The number of hydrogen-bond donors (Lipinski definition) is 2. The number of H-pyrrole nitrogens is 1. The third kappa shape index (κ3) is 3.14. The number of pyridine rings is 1. The topological polar surface area (TPSA) is 79.6 Å². The molecule has 6 nitrogen and oxygen atoms in total. The van der Waals surface area contributed by atoms with Crippen molar-refractivity contribution in [3.05, 3.63) is 48.7 Å². The van der Waals surface area contributed by atoms with Gasteiger partial charge in [-0.05, 0) is 36.0 Å². The minimum absolute atomic E-state index is 0.614. The van der Waals surface area contributed by atoms with Crippen LogP contribution in [0, 0.1) is 0 Å². The fraction of sp³-hybridized carbons (Fsp3) is 0.0833. The van der Waals surface area contributed by atoms with E-state index in [0.717, 1.165) is 16.5 Å². The smallest absolute Gasteiger partial charge is 0.191 e. The van der Waals surface area contributed by atoms with E-state index in [-0.39, 0.29) is 0 Å². The highest BCUT2D eigenvalue weighted by Crippen LogP contribution is 2.26. The van der Waals surface area contributed by atoms with Gasteiger partial charge in [0.1, 0.15) is 12.1 Å². The van der Waals surface area contributed by atoms with Crippen LogP contribution in [0.2, 0.25) is 0 Å². The van der Waals surface area contributed by atoms with Crippen LogP contribution < -0.4 is 5.32 Å². The van der Waals surface area contributed by atoms with Crippen LogP contribution in [0.4, 0.5) is 5.69 Å². The zero-order valence-corrected chi connectivity index (χ0v) is 10.7. The zero-order chi connectivity index (χ0) is 12.9. The number of rotatable bonds is 5. The van der Waals surface area contributed by atoms with Crippen molar-refractivity contribution in [3.63, 3.8) is 0 Å². The maximum Gasteiger partial charge on any atom is 0.191 e. The molecule has 0 aromatic carbocycles. The van der Waals surface area contributed by atoms with E-state index in [1.807, 2.05) is 24.3 Å². The summed E-state index contributed by atoms with van der Waals surface area (Å²) >= 11 is 1.40. The van der Waals surface area contributed by atoms with Gasteiger partial charge in [0.05, 0.1) is 12.2 Å². The summed E-state index contributed by atoms with van der Waals surface area (Å²) in [5.41, 5.74) is 0.961. The highest BCUT2D eigenvalue weighted by atomic mass is 32.2. The number of nitrogens with zero attached hydrogens (tertiary/aromatic N) is 3. The summed E-state index contributed by atoms with van der Waals surface area (Å²) in [6.45, 7) is 0.614. The predicted octanol–water partition coefficient (Wildman–Crippen LogP) is 2.56. The van der Waals surface area contributed by atoms with Gasteiger partial charge in [-0.1, -0.05) is 0 Å². The normalized spacial score (nSPS) is 10.5. The van der Waals surface area contributed by atoms with Crippen molar-refractivity contribution in [2.75, 3.05) is 5.32 Å². The van der Waals surface area contributed by atoms with Crippen LogP contribution in [0.25, 0.3) is 0 Å². The number of anilines is 1.